The van der Waals surface area contributed by atoms with E-state index in [-0.39, 0.29) is 6.03 Å². The summed E-state index contributed by atoms with van der Waals surface area (Å²) in [4.78, 5) is 15.3. The highest BCUT2D eigenvalue weighted by atomic mass is 16.2. The summed E-state index contributed by atoms with van der Waals surface area (Å²) in [5.74, 6) is 0.680. The molecule has 3 heteroatoms. The van der Waals surface area contributed by atoms with Crippen molar-refractivity contribution in [1.29, 1.82) is 0 Å². The lowest BCUT2D eigenvalue weighted by Gasteiger charge is -2.23. The zero-order chi connectivity index (χ0) is 9.14. The van der Waals surface area contributed by atoms with E-state index in [0.29, 0.717) is 5.92 Å². The van der Waals surface area contributed by atoms with E-state index >= 15 is 0 Å². The van der Waals surface area contributed by atoms with Crippen molar-refractivity contribution in [2.75, 3.05) is 26.7 Å². The molecule has 3 nitrogen and oxygen atoms in total. The molecule has 0 saturated carbocycles. The summed E-state index contributed by atoms with van der Waals surface area (Å²) in [6.07, 6.45) is 1.16. The second-order valence-electron chi connectivity index (χ2n) is 3.64. The second-order valence-corrected chi connectivity index (χ2v) is 3.64. The third kappa shape index (κ3) is 1.90. The Morgan fingerprint density at radius 2 is 2.33 bits per heavy atom. The van der Waals surface area contributed by atoms with E-state index in [1.165, 1.54) is 0 Å². The molecule has 0 aromatic heterocycles. The van der Waals surface area contributed by atoms with Crippen LogP contribution in [0.1, 0.15) is 20.3 Å². The van der Waals surface area contributed by atoms with Crippen LogP contribution in [0.2, 0.25) is 0 Å². The molecule has 0 radical (unpaired) electrons. The molecule has 70 valence electrons. The number of urea groups is 1. The number of likely N-dealkylation sites (tertiary alicyclic amines) is 1. The lowest BCUT2D eigenvalue weighted by Crippen LogP contribution is -2.39. The van der Waals surface area contributed by atoms with E-state index in [0.717, 1.165) is 26.1 Å². The smallest absolute Gasteiger partial charge is 0.319 e. The van der Waals surface area contributed by atoms with Crippen LogP contribution in [0.4, 0.5) is 4.79 Å². The number of hydrogen-bond donors (Lipinski definition) is 0. The van der Waals surface area contributed by atoms with Gasteiger partial charge < -0.3 is 9.80 Å². The number of carbonyl (C=O) groups is 1. The Morgan fingerprint density at radius 3 is 2.75 bits per heavy atom. The Balaban J connectivity index is 2.43. The van der Waals surface area contributed by atoms with Gasteiger partial charge in [0.25, 0.3) is 0 Å². The molecular formula is C9H18N2O. The van der Waals surface area contributed by atoms with Crippen LogP contribution in [0.3, 0.4) is 0 Å². The van der Waals surface area contributed by atoms with Gasteiger partial charge in [0.15, 0.2) is 0 Å². The minimum atomic E-state index is 0.182. The molecule has 1 fully saturated rings. The Bertz CT molecular complexity index is 170. The van der Waals surface area contributed by atoms with Crippen LogP contribution in [0.15, 0.2) is 0 Å². The fourth-order valence-corrected chi connectivity index (χ4v) is 1.49. The van der Waals surface area contributed by atoms with Crippen molar-refractivity contribution in [2.45, 2.75) is 20.3 Å². The SMILES string of the molecule is CCN(C)C(=O)N1CCC(C)C1. The van der Waals surface area contributed by atoms with Crippen LogP contribution in [0, 0.1) is 5.92 Å². The molecule has 1 aliphatic heterocycles. The van der Waals surface area contributed by atoms with Crippen molar-refractivity contribution >= 4 is 6.03 Å². The van der Waals surface area contributed by atoms with Crippen molar-refractivity contribution in [3.8, 4) is 0 Å². The Hall–Kier alpha value is -0.730. The van der Waals surface area contributed by atoms with Gasteiger partial charge in [0.05, 0.1) is 0 Å². The summed E-state index contributed by atoms with van der Waals surface area (Å²) in [6, 6.07) is 0.182. The minimum absolute atomic E-state index is 0.182. The molecule has 0 N–H and O–H groups in total. The maximum absolute atomic E-state index is 11.6. The number of nitrogens with zero attached hydrogens (tertiary/aromatic N) is 2. The fraction of sp³-hybridized carbons (Fsp3) is 0.889. The van der Waals surface area contributed by atoms with Crippen LogP contribution >= 0.6 is 0 Å². The summed E-state index contributed by atoms with van der Waals surface area (Å²) in [5.41, 5.74) is 0. The van der Waals surface area contributed by atoms with E-state index in [2.05, 4.69) is 6.92 Å². The third-order valence-electron chi connectivity index (χ3n) is 2.50. The summed E-state index contributed by atoms with van der Waals surface area (Å²) in [5, 5.41) is 0. The first kappa shape index (κ1) is 9.36. The Kier molecular flexibility index (Phi) is 2.95. The van der Waals surface area contributed by atoms with Crippen LogP contribution in [0.25, 0.3) is 0 Å². The number of amides is 2. The van der Waals surface area contributed by atoms with Crippen molar-refractivity contribution in [3.63, 3.8) is 0 Å². The molecule has 1 unspecified atom stereocenters. The average Bonchev–Trinajstić information content (AvgIpc) is 2.49. The van der Waals surface area contributed by atoms with Gasteiger partial charge in [0.2, 0.25) is 0 Å². The molecule has 0 aromatic rings. The Morgan fingerprint density at radius 1 is 1.67 bits per heavy atom. The highest BCUT2D eigenvalue weighted by Crippen LogP contribution is 2.15. The van der Waals surface area contributed by atoms with Crippen LogP contribution < -0.4 is 0 Å². The fourth-order valence-electron chi connectivity index (χ4n) is 1.49. The standard InChI is InChI=1S/C9H18N2O/c1-4-10(3)9(12)11-6-5-8(2)7-11/h8H,4-7H2,1-3H3. The molecule has 1 heterocycles. The normalized spacial score (nSPS) is 22.9. The first-order valence-electron chi connectivity index (χ1n) is 4.65. The van der Waals surface area contributed by atoms with Crippen LogP contribution in [0.5, 0.6) is 0 Å². The van der Waals surface area contributed by atoms with Crippen molar-refractivity contribution in [1.82, 2.24) is 9.80 Å². The predicted molar refractivity (Wildman–Crippen MR) is 49.1 cm³/mol. The summed E-state index contributed by atoms with van der Waals surface area (Å²) < 4.78 is 0. The Labute approximate surface area is 74.3 Å². The molecule has 0 bridgehead atoms. The van der Waals surface area contributed by atoms with Crippen LogP contribution in [-0.4, -0.2) is 42.5 Å². The summed E-state index contributed by atoms with van der Waals surface area (Å²) in [6.45, 7) is 6.86. The lowest BCUT2D eigenvalue weighted by molar-refractivity contribution is 0.174. The van der Waals surface area contributed by atoms with Crippen molar-refractivity contribution in [2.24, 2.45) is 5.92 Å². The first-order valence-corrected chi connectivity index (χ1v) is 4.65. The monoisotopic (exact) mass is 170 g/mol. The van der Waals surface area contributed by atoms with E-state index < -0.39 is 0 Å². The molecule has 1 rings (SSSR count). The van der Waals surface area contributed by atoms with E-state index in [4.69, 9.17) is 0 Å². The second kappa shape index (κ2) is 3.78. The van der Waals surface area contributed by atoms with E-state index in [1.807, 2.05) is 18.9 Å². The van der Waals surface area contributed by atoms with E-state index in [1.54, 1.807) is 4.90 Å². The van der Waals surface area contributed by atoms with Gasteiger partial charge >= 0.3 is 6.03 Å². The summed E-state index contributed by atoms with van der Waals surface area (Å²) in [7, 11) is 1.85. The molecular weight excluding hydrogens is 152 g/mol. The topological polar surface area (TPSA) is 23.6 Å². The minimum Gasteiger partial charge on any atom is -0.328 e. The van der Waals surface area contributed by atoms with E-state index in [9.17, 15) is 4.79 Å². The molecule has 1 aliphatic rings. The van der Waals surface area contributed by atoms with Gasteiger partial charge in [-0.1, -0.05) is 6.92 Å². The van der Waals surface area contributed by atoms with Crippen molar-refractivity contribution in [3.05, 3.63) is 0 Å². The predicted octanol–water partition coefficient (Wildman–Crippen LogP) is 1.40. The highest BCUT2D eigenvalue weighted by Gasteiger charge is 2.24. The molecule has 12 heavy (non-hydrogen) atoms. The maximum atomic E-state index is 11.6. The quantitative estimate of drug-likeness (QED) is 0.583. The van der Waals surface area contributed by atoms with Gasteiger partial charge in [-0.2, -0.15) is 0 Å². The number of carbonyl (C=O) groups excluding carboxylic acids is 1. The van der Waals surface area contributed by atoms with Crippen LogP contribution in [-0.2, 0) is 0 Å². The average molecular weight is 170 g/mol. The zero-order valence-corrected chi connectivity index (χ0v) is 8.21. The number of rotatable bonds is 1. The van der Waals surface area contributed by atoms with Gasteiger partial charge in [-0.3, -0.25) is 0 Å². The molecule has 1 atom stereocenters. The summed E-state index contributed by atoms with van der Waals surface area (Å²) >= 11 is 0. The van der Waals surface area contributed by atoms with Gasteiger partial charge in [-0.05, 0) is 19.3 Å². The van der Waals surface area contributed by atoms with Gasteiger partial charge in [-0.25, -0.2) is 4.79 Å². The maximum Gasteiger partial charge on any atom is 0.319 e. The third-order valence-corrected chi connectivity index (χ3v) is 2.50. The van der Waals surface area contributed by atoms with Crippen molar-refractivity contribution < 1.29 is 4.79 Å². The lowest BCUT2D eigenvalue weighted by atomic mass is 10.2. The largest absolute Gasteiger partial charge is 0.328 e. The van der Waals surface area contributed by atoms with Gasteiger partial charge in [0, 0.05) is 26.7 Å². The first-order chi connectivity index (χ1) is 5.65. The highest BCUT2D eigenvalue weighted by molar-refractivity contribution is 5.74. The molecule has 2 amide bonds. The molecule has 0 spiro atoms. The molecule has 1 saturated heterocycles. The van der Waals surface area contributed by atoms with Gasteiger partial charge in [-0.15, -0.1) is 0 Å². The van der Waals surface area contributed by atoms with Gasteiger partial charge in [0.1, 0.15) is 0 Å². The molecule has 0 aliphatic carbocycles. The molecule has 0 aromatic carbocycles. The zero-order valence-electron chi connectivity index (χ0n) is 8.21. The number of hydrogen-bond acceptors (Lipinski definition) is 1.